The molecule has 4 N–H and O–H groups in total. The summed E-state index contributed by atoms with van der Waals surface area (Å²) in [7, 11) is 0. The summed E-state index contributed by atoms with van der Waals surface area (Å²) >= 11 is 0. The van der Waals surface area contributed by atoms with Crippen LogP contribution in [0, 0.1) is 5.41 Å². The van der Waals surface area contributed by atoms with Crippen molar-refractivity contribution in [3.05, 3.63) is 0 Å². The zero-order valence-corrected chi connectivity index (χ0v) is 9.81. The van der Waals surface area contributed by atoms with Crippen LogP contribution in [0.5, 0.6) is 0 Å². The molecule has 1 rings (SSSR count). The van der Waals surface area contributed by atoms with Crippen LogP contribution in [0.15, 0.2) is 0 Å². The molecule has 1 fully saturated rings. The van der Waals surface area contributed by atoms with Crippen molar-refractivity contribution >= 4 is 6.03 Å². The molecule has 1 aliphatic carbocycles. The van der Waals surface area contributed by atoms with Gasteiger partial charge in [-0.2, -0.15) is 0 Å². The van der Waals surface area contributed by atoms with E-state index in [4.69, 9.17) is 5.73 Å². The van der Waals surface area contributed by atoms with Crippen molar-refractivity contribution in [2.24, 2.45) is 11.1 Å². The number of hydrogen-bond acceptors (Lipinski definition) is 2. The van der Waals surface area contributed by atoms with E-state index in [1.54, 1.807) is 0 Å². The first-order valence-electron chi connectivity index (χ1n) is 5.78. The van der Waals surface area contributed by atoms with Crippen LogP contribution in [-0.4, -0.2) is 25.2 Å². The van der Waals surface area contributed by atoms with Crippen molar-refractivity contribution < 1.29 is 4.79 Å². The van der Waals surface area contributed by atoms with Crippen LogP contribution in [0.1, 0.15) is 39.5 Å². The third-order valence-corrected chi connectivity index (χ3v) is 2.97. The molecule has 2 amide bonds. The number of nitrogens with one attached hydrogen (secondary N) is 2. The van der Waals surface area contributed by atoms with E-state index in [0.717, 1.165) is 12.8 Å². The molecular formula is C11H23N3O. The first-order valence-corrected chi connectivity index (χ1v) is 5.78. The van der Waals surface area contributed by atoms with E-state index in [0.29, 0.717) is 19.1 Å². The third kappa shape index (κ3) is 4.51. The minimum Gasteiger partial charge on any atom is -0.338 e. The van der Waals surface area contributed by atoms with Gasteiger partial charge in [0.05, 0.1) is 0 Å². The first kappa shape index (κ1) is 12.3. The maximum atomic E-state index is 11.5. The number of rotatable bonds is 4. The molecule has 0 saturated heterocycles. The average molecular weight is 213 g/mol. The summed E-state index contributed by atoms with van der Waals surface area (Å²) < 4.78 is 0. The molecule has 0 aromatic carbocycles. The number of hydrogen-bond donors (Lipinski definition) is 3. The van der Waals surface area contributed by atoms with Crippen molar-refractivity contribution in [2.45, 2.75) is 45.6 Å². The highest BCUT2D eigenvalue weighted by Gasteiger charge is 2.19. The van der Waals surface area contributed by atoms with Crippen molar-refractivity contribution in [3.8, 4) is 0 Å². The fourth-order valence-electron chi connectivity index (χ4n) is 1.70. The number of amides is 2. The van der Waals surface area contributed by atoms with Crippen LogP contribution in [-0.2, 0) is 0 Å². The zero-order valence-electron chi connectivity index (χ0n) is 9.81. The quantitative estimate of drug-likeness (QED) is 0.657. The summed E-state index contributed by atoms with van der Waals surface area (Å²) in [5.41, 5.74) is 5.56. The van der Waals surface area contributed by atoms with Gasteiger partial charge in [-0.05, 0) is 24.8 Å². The van der Waals surface area contributed by atoms with Gasteiger partial charge < -0.3 is 16.4 Å². The predicted octanol–water partition coefficient (Wildman–Crippen LogP) is 1.21. The fraction of sp³-hybridized carbons (Fsp3) is 0.909. The normalized spacial score (nSPS) is 17.8. The van der Waals surface area contributed by atoms with E-state index in [2.05, 4.69) is 10.6 Å². The van der Waals surface area contributed by atoms with E-state index in [-0.39, 0.29) is 11.4 Å². The van der Waals surface area contributed by atoms with Gasteiger partial charge in [0.25, 0.3) is 0 Å². The second kappa shape index (κ2) is 5.35. The number of urea groups is 1. The second-order valence-corrected chi connectivity index (χ2v) is 5.18. The Kier molecular flexibility index (Phi) is 4.39. The highest BCUT2D eigenvalue weighted by atomic mass is 16.2. The summed E-state index contributed by atoms with van der Waals surface area (Å²) in [4.78, 5) is 11.5. The summed E-state index contributed by atoms with van der Waals surface area (Å²) in [6.07, 6.45) is 4.71. The van der Waals surface area contributed by atoms with E-state index in [1.807, 2.05) is 13.8 Å². The lowest BCUT2D eigenvalue weighted by atomic mass is 9.94. The topological polar surface area (TPSA) is 67.1 Å². The van der Waals surface area contributed by atoms with Crippen LogP contribution in [0.2, 0.25) is 0 Å². The maximum Gasteiger partial charge on any atom is 0.315 e. The molecule has 0 spiro atoms. The average Bonchev–Trinajstić information content (AvgIpc) is 2.68. The van der Waals surface area contributed by atoms with Crippen molar-refractivity contribution in [3.63, 3.8) is 0 Å². The molecule has 1 saturated carbocycles. The summed E-state index contributed by atoms with van der Waals surface area (Å²) in [5.74, 6) is 0. The maximum absolute atomic E-state index is 11.5. The van der Waals surface area contributed by atoms with Gasteiger partial charge in [0.15, 0.2) is 0 Å². The molecule has 4 nitrogen and oxygen atoms in total. The zero-order chi connectivity index (χ0) is 11.3. The van der Waals surface area contributed by atoms with Gasteiger partial charge in [-0.15, -0.1) is 0 Å². The highest BCUT2D eigenvalue weighted by Crippen LogP contribution is 2.17. The molecule has 1 aliphatic rings. The van der Waals surface area contributed by atoms with Crippen LogP contribution in [0.3, 0.4) is 0 Å². The Bertz CT molecular complexity index is 210. The molecule has 0 aliphatic heterocycles. The second-order valence-electron chi connectivity index (χ2n) is 5.18. The summed E-state index contributed by atoms with van der Waals surface area (Å²) in [6, 6.07) is 0.328. The van der Waals surface area contributed by atoms with Crippen molar-refractivity contribution in [1.29, 1.82) is 0 Å². The number of carbonyl (C=O) groups excluding carboxylic acids is 1. The molecule has 0 atom stereocenters. The molecule has 0 radical (unpaired) electrons. The Labute approximate surface area is 92.0 Å². The van der Waals surface area contributed by atoms with Gasteiger partial charge in [-0.25, -0.2) is 4.79 Å². The smallest absolute Gasteiger partial charge is 0.315 e. The SMILES string of the molecule is CC(C)(CN)CNC(=O)NC1CCCC1. The lowest BCUT2D eigenvalue weighted by molar-refractivity contribution is 0.230. The first-order chi connectivity index (χ1) is 7.03. The monoisotopic (exact) mass is 213 g/mol. The van der Waals surface area contributed by atoms with Crippen LogP contribution < -0.4 is 16.4 Å². The molecular weight excluding hydrogens is 190 g/mol. The van der Waals surface area contributed by atoms with Gasteiger partial charge in [0.1, 0.15) is 0 Å². The van der Waals surface area contributed by atoms with Gasteiger partial charge in [-0.1, -0.05) is 26.7 Å². The molecule has 4 heteroatoms. The molecule has 0 aromatic heterocycles. The van der Waals surface area contributed by atoms with Gasteiger partial charge in [0.2, 0.25) is 0 Å². The predicted molar refractivity (Wildman–Crippen MR) is 61.6 cm³/mol. The van der Waals surface area contributed by atoms with E-state index in [1.165, 1.54) is 12.8 Å². The Morgan fingerprint density at radius 1 is 1.40 bits per heavy atom. The molecule has 0 heterocycles. The van der Waals surface area contributed by atoms with Crippen LogP contribution in [0.4, 0.5) is 4.79 Å². The van der Waals surface area contributed by atoms with Crippen LogP contribution in [0.25, 0.3) is 0 Å². The number of carbonyl (C=O) groups is 1. The van der Waals surface area contributed by atoms with Gasteiger partial charge >= 0.3 is 6.03 Å². The van der Waals surface area contributed by atoms with E-state index < -0.39 is 0 Å². The lowest BCUT2D eigenvalue weighted by Gasteiger charge is -2.23. The highest BCUT2D eigenvalue weighted by molar-refractivity contribution is 5.74. The lowest BCUT2D eigenvalue weighted by Crippen LogP contribution is -2.45. The molecule has 15 heavy (non-hydrogen) atoms. The molecule has 0 bridgehead atoms. The Morgan fingerprint density at radius 3 is 2.53 bits per heavy atom. The third-order valence-electron chi connectivity index (χ3n) is 2.97. The van der Waals surface area contributed by atoms with Crippen molar-refractivity contribution in [2.75, 3.05) is 13.1 Å². The fourth-order valence-corrected chi connectivity index (χ4v) is 1.70. The van der Waals surface area contributed by atoms with Gasteiger partial charge in [-0.3, -0.25) is 0 Å². The largest absolute Gasteiger partial charge is 0.338 e. The standard InChI is InChI=1S/C11H23N3O/c1-11(2,7-12)8-13-10(15)14-9-5-3-4-6-9/h9H,3-8,12H2,1-2H3,(H2,13,14,15). The summed E-state index contributed by atoms with van der Waals surface area (Å²) in [5, 5.41) is 5.86. The summed E-state index contributed by atoms with van der Waals surface area (Å²) in [6.45, 7) is 5.30. The molecule has 0 aromatic rings. The minimum atomic E-state index is -0.0524. The minimum absolute atomic E-state index is 0.0208. The van der Waals surface area contributed by atoms with Crippen molar-refractivity contribution in [1.82, 2.24) is 10.6 Å². The van der Waals surface area contributed by atoms with E-state index >= 15 is 0 Å². The number of nitrogens with two attached hydrogens (primary N) is 1. The van der Waals surface area contributed by atoms with Crippen LogP contribution >= 0.6 is 0 Å². The molecule has 0 unspecified atom stereocenters. The van der Waals surface area contributed by atoms with E-state index in [9.17, 15) is 4.79 Å². The molecule has 88 valence electrons. The Hall–Kier alpha value is -0.770. The van der Waals surface area contributed by atoms with Gasteiger partial charge in [0, 0.05) is 12.6 Å². The Balaban J connectivity index is 2.18. The Morgan fingerprint density at radius 2 is 2.00 bits per heavy atom.